The molecule has 3 heterocycles. The van der Waals surface area contributed by atoms with E-state index >= 15 is 0 Å². The van der Waals surface area contributed by atoms with Crippen molar-refractivity contribution in [3.63, 3.8) is 0 Å². The molecule has 2 atom stereocenters. The summed E-state index contributed by atoms with van der Waals surface area (Å²) >= 11 is 0. The summed E-state index contributed by atoms with van der Waals surface area (Å²) in [5, 5.41) is 4.10. The van der Waals surface area contributed by atoms with E-state index in [2.05, 4.69) is 42.1 Å². The maximum Gasteiger partial charge on any atom is 0.243 e. The third-order valence-electron chi connectivity index (χ3n) is 8.04. The second kappa shape index (κ2) is 10.7. The zero-order valence-electron chi connectivity index (χ0n) is 23.2. The zero-order chi connectivity index (χ0) is 27.9. The molecular weight excluding hydrogens is 516 g/mol. The molecule has 9 nitrogen and oxygen atoms in total. The first kappa shape index (κ1) is 27.2. The van der Waals surface area contributed by atoms with Crippen molar-refractivity contribution in [1.29, 1.82) is 0 Å². The number of benzene rings is 2. The van der Waals surface area contributed by atoms with Crippen LogP contribution in [0, 0.1) is 33.6 Å². The average molecular weight is 553 g/mol. The summed E-state index contributed by atoms with van der Waals surface area (Å²) in [5.74, 6) is 0.183. The number of amides is 1. The minimum atomic E-state index is -3.85. The summed E-state index contributed by atoms with van der Waals surface area (Å²) in [6, 6.07) is 12.9. The van der Waals surface area contributed by atoms with Gasteiger partial charge in [0, 0.05) is 62.5 Å². The Morgan fingerprint density at radius 2 is 1.74 bits per heavy atom. The van der Waals surface area contributed by atoms with Crippen LogP contribution < -0.4 is 9.64 Å². The van der Waals surface area contributed by atoms with E-state index in [0.29, 0.717) is 30.3 Å². The summed E-state index contributed by atoms with van der Waals surface area (Å²) in [4.78, 5) is 18.4. The maximum absolute atomic E-state index is 14.0. The molecule has 1 amide bonds. The molecule has 2 aliphatic rings. The number of nitrogens with zero attached hydrogens (tertiary/aromatic N) is 4. The van der Waals surface area contributed by atoms with Gasteiger partial charge in [-0.15, -0.1) is 0 Å². The molecule has 10 heteroatoms. The summed E-state index contributed by atoms with van der Waals surface area (Å²) in [5.41, 5.74) is 5.14. The van der Waals surface area contributed by atoms with Gasteiger partial charge in [-0.25, -0.2) is 8.42 Å². The van der Waals surface area contributed by atoms with Crippen LogP contribution in [0.4, 0.5) is 5.69 Å². The lowest BCUT2D eigenvalue weighted by atomic mass is 9.86. The van der Waals surface area contributed by atoms with Gasteiger partial charge >= 0.3 is 0 Å². The molecule has 0 bridgehead atoms. The van der Waals surface area contributed by atoms with Gasteiger partial charge in [-0.05, 0) is 57.0 Å². The van der Waals surface area contributed by atoms with E-state index in [1.54, 1.807) is 18.2 Å². The fraction of sp³-hybridized carbons (Fsp3) is 0.448. The Balaban J connectivity index is 1.39. The Labute approximate surface area is 230 Å². The highest BCUT2D eigenvalue weighted by Gasteiger charge is 2.47. The van der Waals surface area contributed by atoms with Gasteiger partial charge in [-0.2, -0.15) is 4.31 Å². The standard InChI is InChI=1S/C29H36N4O5S/c1-19-9-10-20(2)27(15-19)31-11-13-32(14-12-31)29(34)26-18-33(17-25(26)28-21(3)30-38-22(28)4)39(35,36)24-8-6-7-23(16-24)37-5/h6-10,15-16,25-26H,11-14,17-18H2,1-5H3/t25?,26-/m1/s1. The van der Waals surface area contributed by atoms with Crippen molar-refractivity contribution >= 4 is 21.6 Å². The number of aryl methyl sites for hydroxylation is 4. The molecule has 208 valence electrons. The van der Waals surface area contributed by atoms with Gasteiger partial charge in [0.05, 0.1) is 23.6 Å². The number of carbonyl (C=O) groups is 1. The van der Waals surface area contributed by atoms with Crippen LogP contribution in [0.5, 0.6) is 5.75 Å². The Morgan fingerprint density at radius 3 is 2.41 bits per heavy atom. The Morgan fingerprint density at radius 1 is 1.00 bits per heavy atom. The summed E-state index contributed by atoms with van der Waals surface area (Å²) in [7, 11) is -2.34. The highest BCUT2D eigenvalue weighted by Crippen LogP contribution is 2.40. The number of hydrogen-bond donors (Lipinski definition) is 0. The van der Waals surface area contributed by atoms with E-state index in [-0.39, 0.29) is 29.8 Å². The zero-order valence-corrected chi connectivity index (χ0v) is 24.0. The van der Waals surface area contributed by atoms with Crippen LogP contribution in [-0.4, -0.2) is 75.1 Å². The second-order valence-electron chi connectivity index (χ2n) is 10.6. The van der Waals surface area contributed by atoms with Crippen LogP contribution in [0.1, 0.15) is 34.1 Å². The van der Waals surface area contributed by atoms with Gasteiger partial charge in [0.25, 0.3) is 0 Å². The van der Waals surface area contributed by atoms with Crippen LogP contribution >= 0.6 is 0 Å². The molecule has 2 aliphatic heterocycles. The lowest BCUT2D eigenvalue weighted by molar-refractivity contribution is -0.135. The highest BCUT2D eigenvalue weighted by atomic mass is 32.2. The van der Waals surface area contributed by atoms with Gasteiger partial charge in [0.1, 0.15) is 11.5 Å². The van der Waals surface area contributed by atoms with Gasteiger partial charge in [0.2, 0.25) is 15.9 Å². The average Bonchev–Trinajstić information content (AvgIpc) is 3.52. The van der Waals surface area contributed by atoms with E-state index in [0.717, 1.165) is 18.7 Å². The number of sulfonamides is 1. The van der Waals surface area contributed by atoms with Gasteiger partial charge < -0.3 is 19.1 Å². The lowest BCUT2D eigenvalue weighted by Crippen LogP contribution is -2.51. The van der Waals surface area contributed by atoms with Crippen molar-refractivity contribution in [2.75, 3.05) is 51.3 Å². The second-order valence-corrected chi connectivity index (χ2v) is 12.5. The van der Waals surface area contributed by atoms with Crippen LogP contribution in [0.2, 0.25) is 0 Å². The number of ether oxygens (including phenoxy) is 1. The van der Waals surface area contributed by atoms with Crippen LogP contribution in [0.25, 0.3) is 0 Å². The van der Waals surface area contributed by atoms with Crippen molar-refractivity contribution in [3.8, 4) is 5.75 Å². The van der Waals surface area contributed by atoms with E-state index in [4.69, 9.17) is 9.26 Å². The van der Waals surface area contributed by atoms with Gasteiger partial charge in [-0.1, -0.05) is 23.4 Å². The molecule has 3 aromatic rings. The molecule has 0 N–H and O–H groups in total. The monoisotopic (exact) mass is 552 g/mol. The van der Waals surface area contributed by atoms with Crippen LogP contribution in [0.3, 0.4) is 0 Å². The van der Waals surface area contributed by atoms with E-state index < -0.39 is 15.9 Å². The number of anilines is 1. The maximum atomic E-state index is 14.0. The SMILES string of the molecule is COc1cccc(S(=O)(=O)N2CC(c3c(C)noc3C)[C@H](C(=O)N3CCN(c4cc(C)ccc4C)CC3)C2)c1. The molecule has 2 saturated heterocycles. The van der Waals surface area contributed by atoms with Crippen molar-refractivity contribution < 1.29 is 22.5 Å². The molecular formula is C29H36N4O5S. The quantitative estimate of drug-likeness (QED) is 0.460. The number of aromatic nitrogens is 1. The Hall–Kier alpha value is -3.37. The molecule has 39 heavy (non-hydrogen) atoms. The van der Waals surface area contributed by atoms with E-state index in [9.17, 15) is 13.2 Å². The first-order chi connectivity index (χ1) is 18.6. The predicted octanol–water partition coefficient (Wildman–Crippen LogP) is 3.67. The highest BCUT2D eigenvalue weighted by molar-refractivity contribution is 7.89. The normalized spacial score (nSPS) is 20.4. The van der Waals surface area contributed by atoms with E-state index in [1.807, 2.05) is 18.7 Å². The topological polar surface area (TPSA) is 96.2 Å². The number of methoxy groups -OCH3 is 1. The fourth-order valence-electron chi connectivity index (χ4n) is 5.90. The summed E-state index contributed by atoms with van der Waals surface area (Å²) in [6.07, 6.45) is 0. The summed E-state index contributed by atoms with van der Waals surface area (Å²) in [6.45, 7) is 10.8. The van der Waals surface area contributed by atoms with Crippen molar-refractivity contribution in [3.05, 3.63) is 70.6 Å². The van der Waals surface area contributed by atoms with Crippen molar-refractivity contribution in [2.24, 2.45) is 5.92 Å². The van der Waals surface area contributed by atoms with Crippen LogP contribution in [-0.2, 0) is 14.8 Å². The van der Waals surface area contributed by atoms with Gasteiger partial charge in [0.15, 0.2) is 0 Å². The van der Waals surface area contributed by atoms with E-state index in [1.165, 1.54) is 34.3 Å². The van der Waals surface area contributed by atoms with Gasteiger partial charge in [-0.3, -0.25) is 4.79 Å². The Bertz CT molecular complexity index is 1460. The third-order valence-corrected chi connectivity index (χ3v) is 9.87. The molecule has 1 aromatic heterocycles. The fourth-order valence-corrected chi connectivity index (χ4v) is 7.43. The number of carbonyl (C=O) groups excluding carboxylic acids is 1. The summed E-state index contributed by atoms with van der Waals surface area (Å²) < 4.78 is 39.5. The number of rotatable bonds is 6. The molecule has 1 unspecified atom stereocenters. The molecule has 2 aromatic carbocycles. The first-order valence-electron chi connectivity index (χ1n) is 13.3. The van der Waals surface area contributed by atoms with Crippen LogP contribution in [0.15, 0.2) is 51.9 Å². The largest absolute Gasteiger partial charge is 0.497 e. The lowest BCUT2D eigenvalue weighted by Gasteiger charge is -2.38. The number of hydrogen-bond acceptors (Lipinski definition) is 7. The molecule has 2 fully saturated rings. The first-order valence-corrected chi connectivity index (χ1v) is 14.7. The van der Waals surface area contributed by atoms with Crippen molar-refractivity contribution in [2.45, 2.75) is 38.5 Å². The Kier molecular flexibility index (Phi) is 7.43. The number of piperazine rings is 1. The third kappa shape index (κ3) is 5.15. The minimum Gasteiger partial charge on any atom is -0.497 e. The molecule has 0 saturated carbocycles. The molecule has 0 aliphatic carbocycles. The molecule has 0 spiro atoms. The molecule has 5 rings (SSSR count). The van der Waals surface area contributed by atoms with Crippen molar-refractivity contribution in [1.82, 2.24) is 14.4 Å². The smallest absolute Gasteiger partial charge is 0.243 e. The molecule has 0 radical (unpaired) electrons. The minimum absolute atomic E-state index is 0.0241. The predicted molar refractivity (Wildman–Crippen MR) is 149 cm³/mol.